The van der Waals surface area contributed by atoms with Gasteiger partial charge in [-0.05, 0) is 49.1 Å². The summed E-state index contributed by atoms with van der Waals surface area (Å²) in [6.45, 7) is 0.101. The maximum absolute atomic E-state index is 12.3. The second-order valence-electron chi connectivity index (χ2n) is 5.01. The molecule has 2 aromatic rings. The molecule has 1 aliphatic carbocycles. The molecule has 0 spiro atoms. The maximum atomic E-state index is 12.3. The Morgan fingerprint density at radius 2 is 1.85 bits per heavy atom. The van der Waals surface area contributed by atoms with E-state index in [4.69, 9.17) is 11.6 Å². The molecule has 0 bridgehead atoms. The van der Waals surface area contributed by atoms with Gasteiger partial charge in [0.2, 0.25) is 0 Å². The van der Waals surface area contributed by atoms with E-state index in [2.05, 4.69) is 0 Å². The fourth-order valence-corrected chi connectivity index (χ4v) is 2.80. The molecule has 4 heteroatoms. The number of aromatic nitrogens is 1. The van der Waals surface area contributed by atoms with E-state index >= 15 is 0 Å². The molecule has 0 saturated carbocycles. The number of benzene rings is 1. The lowest BCUT2D eigenvalue weighted by Gasteiger charge is -2.11. The molecule has 0 unspecified atom stereocenters. The van der Waals surface area contributed by atoms with Crippen molar-refractivity contribution in [1.82, 2.24) is 4.57 Å². The summed E-state index contributed by atoms with van der Waals surface area (Å²) < 4.78 is 1.61. The molecule has 3 rings (SSSR count). The predicted molar refractivity (Wildman–Crippen MR) is 78.5 cm³/mol. The minimum Gasteiger partial charge on any atom is -0.305 e. The maximum Gasteiger partial charge on any atom is 0.251 e. The third-order valence-electron chi connectivity index (χ3n) is 3.72. The first-order chi connectivity index (χ1) is 9.65. The Morgan fingerprint density at radius 1 is 1.10 bits per heavy atom. The summed E-state index contributed by atoms with van der Waals surface area (Å²) in [7, 11) is 0. The van der Waals surface area contributed by atoms with Crippen molar-refractivity contribution in [3.8, 4) is 0 Å². The summed E-state index contributed by atoms with van der Waals surface area (Å²) in [4.78, 5) is 24.3. The molecular formula is C16H14ClNO2. The van der Waals surface area contributed by atoms with Gasteiger partial charge in [-0.25, -0.2) is 0 Å². The third-order valence-corrected chi connectivity index (χ3v) is 3.97. The van der Waals surface area contributed by atoms with Crippen molar-refractivity contribution in [2.45, 2.75) is 25.8 Å². The Bertz CT molecular complexity index is 716. The van der Waals surface area contributed by atoms with Crippen LogP contribution in [0.3, 0.4) is 0 Å². The fraction of sp³-hybridized carbons (Fsp3) is 0.250. The highest BCUT2D eigenvalue weighted by atomic mass is 35.5. The fourth-order valence-electron chi connectivity index (χ4n) is 2.68. The highest BCUT2D eigenvalue weighted by molar-refractivity contribution is 6.30. The number of hydrogen-bond donors (Lipinski definition) is 0. The number of fused-ring (bicyclic) bond motifs is 1. The topological polar surface area (TPSA) is 39.1 Å². The molecule has 1 aromatic carbocycles. The molecule has 102 valence electrons. The van der Waals surface area contributed by atoms with E-state index in [0.717, 1.165) is 25.0 Å². The lowest BCUT2D eigenvalue weighted by atomic mass is 10.1. The molecule has 0 amide bonds. The van der Waals surface area contributed by atoms with Crippen molar-refractivity contribution in [2.24, 2.45) is 0 Å². The molecule has 0 N–H and O–H groups in total. The van der Waals surface area contributed by atoms with Crippen LogP contribution in [0.25, 0.3) is 0 Å². The SMILES string of the molecule is O=C(Cn1c2c(ccc1=O)CCC2)c1ccc(Cl)cc1. The number of pyridine rings is 1. The summed E-state index contributed by atoms with van der Waals surface area (Å²) in [5.41, 5.74) is 2.68. The number of carbonyl (C=O) groups excluding carboxylic acids is 1. The van der Waals surface area contributed by atoms with Crippen LogP contribution in [0.2, 0.25) is 5.02 Å². The number of hydrogen-bond acceptors (Lipinski definition) is 2. The smallest absolute Gasteiger partial charge is 0.251 e. The number of ketones is 1. The normalized spacial score (nSPS) is 13.2. The van der Waals surface area contributed by atoms with Crippen LogP contribution >= 0.6 is 11.6 Å². The van der Waals surface area contributed by atoms with Gasteiger partial charge in [0.1, 0.15) is 0 Å². The van der Waals surface area contributed by atoms with E-state index in [-0.39, 0.29) is 17.9 Å². The minimum atomic E-state index is -0.104. The molecule has 0 atom stereocenters. The van der Waals surface area contributed by atoms with Crippen LogP contribution in [-0.2, 0) is 19.4 Å². The zero-order chi connectivity index (χ0) is 14.1. The zero-order valence-corrected chi connectivity index (χ0v) is 11.7. The highest BCUT2D eigenvalue weighted by Crippen LogP contribution is 2.20. The van der Waals surface area contributed by atoms with E-state index in [9.17, 15) is 9.59 Å². The lowest BCUT2D eigenvalue weighted by molar-refractivity contribution is 0.0970. The summed E-state index contributed by atoms with van der Waals surface area (Å²) in [5, 5.41) is 0.597. The van der Waals surface area contributed by atoms with Crippen molar-refractivity contribution >= 4 is 17.4 Å². The minimum absolute atomic E-state index is 0.0657. The summed E-state index contributed by atoms with van der Waals surface area (Å²) in [5.74, 6) is -0.0657. The first-order valence-electron chi connectivity index (χ1n) is 6.65. The molecule has 0 saturated heterocycles. The van der Waals surface area contributed by atoms with E-state index in [1.165, 1.54) is 5.56 Å². The van der Waals surface area contributed by atoms with Gasteiger partial charge in [-0.15, -0.1) is 0 Å². The molecule has 0 fully saturated rings. The van der Waals surface area contributed by atoms with Crippen LogP contribution in [0, 0.1) is 0 Å². The Morgan fingerprint density at radius 3 is 2.60 bits per heavy atom. The first-order valence-corrected chi connectivity index (χ1v) is 7.03. The molecule has 20 heavy (non-hydrogen) atoms. The molecule has 0 radical (unpaired) electrons. The molecule has 1 aromatic heterocycles. The van der Waals surface area contributed by atoms with Crippen molar-refractivity contribution in [3.05, 3.63) is 68.6 Å². The molecular weight excluding hydrogens is 274 g/mol. The van der Waals surface area contributed by atoms with Gasteiger partial charge in [-0.3, -0.25) is 9.59 Å². The summed E-state index contributed by atoms with van der Waals surface area (Å²) in [6.07, 6.45) is 2.91. The Balaban J connectivity index is 1.92. The quantitative estimate of drug-likeness (QED) is 0.814. The number of carbonyl (C=O) groups is 1. The number of halogens is 1. The third kappa shape index (κ3) is 2.41. The first kappa shape index (κ1) is 13.1. The summed E-state index contributed by atoms with van der Waals surface area (Å²) >= 11 is 5.81. The van der Waals surface area contributed by atoms with Gasteiger partial charge in [0.15, 0.2) is 5.78 Å². The van der Waals surface area contributed by atoms with E-state index < -0.39 is 0 Å². The molecule has 1 heterocycles. The van der Waals surface area contributed by atoms with Crippen LogP contribution < -0.4 is 5.56 Å². The second-order valence-corrected chi connectivity index (χ2v) is 5.45. The Hall–Kier alpha value is -1.87. The molecule has 3 nitrogen and oxygen atoms in total. The number of Topliss-reactive ketones (excluding diaryl/α,β-unsaturated/α-hetero) is 1. The highest BCUT2D eigenvalue weighted by Gasteiger charge is 2.17. The van der Waals surface area contributed by atoms with Gasteiger partial charge in [-0.1, -0.05) is 17.7 Å². The van der Waals surface area contributed by atoms with Crippen LogP contribution in [0.5, 0.6) is 0 Å². The predicted octanol–water partition coefficient (Wildman–Crippen LogP) is 2.87. The van der Waals surface area contributed by atoms with Crippen LogP contribution in [0.1, 0.15) is 28.0 Å². The zero-order valence-electron chi connectivity index (χ0n) is 10.9. The monoisotopic (exact) mass is 287 g/mol. The van der Waals surface area contributed by atoms with Crippen molar-refractivity contribution in [2.75, 3.05) is 0 Å². The Labute approximate surface area is 121 Å². The van der Waals surface area contributed by atoms with Crippen LogP contribution in [-0.4, -0.2) is 10.4 Å². The van der Waals surface area contributed by atoms with Gasteiger partial charge in [0.05, 0.1) is 6.54 Å². The van der Waals surface area contributed by atoms with Crippen molar-refractivity contribution in [1.29, 1.82) is 0 Å². The van der Waals surface area contributed by atoms with Gasteiger partial charge >= 0.3 is 0 Å². The van der Waals surface area contributed by atoms with Gasteiger partial charge < -0.3 is 4.57 Å². The summed E-state index contributed by atoms with van der Waals surface area (Å²) in [6, 6.07) is 10.2. The molecule has 0 aliphatic heterocycles. The number of aryl methyl sites for hydroxylation is 1. The lowest BCUT2D eigenvalue weighted by Crippen LogP contribution is -2.26. The second kappa shape index (κ2) is 5.25. The van der Waals surface area contributed by atoms with E-state index in [0.29, 0.717) is 10.6 Å². The van der Waals surface area contributed by atoms with Crippen molar-refractivity contribution in [3.63, 3.8) is 0 Å². The largest absolute Gasteiger partial charge is 0.305 e. The van der Waals surface area contributed by atoms with Crippen LogP contribution in [0.15, 0.2) is 41.2 Å². The average Bonchev–Trinajstić information content (AvgIpc) is 2.91. The van der Waals surface area contributed by atoms with Gasteiger partial charge in [0, 0.05) is 22.3 Å². The van der Waals surface area contributed by atoms with E-state index in [1.807, 2.05) is 6.07 Å². The van der Waals surface area contributed by atoms with Gasteiger partial charge in [-0.2, -0.15) is 0 Å². The Kier molecular flexibility index (Phi) is 3.45. The standard InChI is InChI=1S/C16H14ClNO2/c17-13-7-4-12(5-8-13)15(19)10-18-14-3-1-2-11(14)6-9-16(18)20/h4-9H,1-3,10H2. The van der Waals surface area contributed by atoms with Crippen LogP contribution in [0.4, 0.5) is 0 Å². The molecule has 1 aliphatic rings. The average molecular weight is 288 g/mol. The number of rotatable bonds is 3. The van der Waals surface area contributed by atoms with Gasteiger partial charge in [0.25, 0.3) is 5.56 Å². The van der Waals surface area contributed by atoms with Crippen molar-refractivity contribution < 1.29 is 4.79 Å². The van der Waals surface area contributed by atoms with E-state index in [1.54, 1.807) is 34.9 Å². The number of nitrogens with zero attached hydrogens (tertiary/aromatic N) is 1.